The quantitative estimate of drug-likeness (QED) is 0.200. The molecule has 1 aliphatic heterocycles. The van der Waals surface area contributed by atoms with Crippen molar-refractivity contribution in [1.82, 2.24) is 4.90 Å². The van der Waals surface area contributed by atoms with Crippen molar-refractivity contribution < 1.29 is 23.5 Å². The Morgan fingerprint density at radius 2 is 1.74 bits per heavy atom. The second-order valence-electron chi connectivity index (χ2n) is 7.82. The summed E-state index contributed by atoms with van der Waals surface area (Å²) in [5.41, 5.74) is 0.798. The molecule has 1 aliphatic rings. The van der Waals surface area contributed by atoms with Gasteiger partial charge in [-0.15, -0.1) is 11.8 Å². The number of hydrogen-bond acceptors (Lipinski definition) is 7. The molecule has 8 heteroatoms. The first kappa shape index (κ1) is 24.5. The first-order valence-corrected chi connectivity index (χ1v) is 12.1. The number of fused-ring (bicyclic) bond motifs is 1. The summed E-state index contributed by atoms with van der Waals surface area (Å²) < 4.78 is 24.0. The molecule has 3 aromatic carbocycles. The van der Waals surface area contributed by atoms with E-state index >= 15 is 0 Å². The fourth-order valence-electron chi connectivity index (χ4n) is 3.79. The summed E-state index contributed by atoms with van der Waals surface area (Å²) in [4.78, 5) is 28.0. The van der Waals surface area contributed by atoms with E-state index in [2.05, 4.69) is 0 Å². The Morgan fingerprint density at radius 1 is 1.03 bits per heavy atom. The van der Waals surface area contributed by atoms with Gasteiger partial charge in [-0.1, -0.05) is 30.3 Å². The number of thioether (sulfide) groups is 1. The molecule has 6 nitrogen and oxygen atoms in total. The van der Waals surface area contributed by atoms with Crippen molar-refractivity contribution in [3.63, 3.8) is 0 Å². The number of carbonyl (C=O) groups is 2. The van der Waals surface area contributed by atoms with E-state index in [1.54, 1.807) is 0 Å². The van der Waals surface area contributed by atoms with Gasteiger partial charge in [0.2, 0.25) is 5.78 Å². The van der Waals surface area contributed by atoms with E-state index in [-0.39, 0.29) is 11.3 Å². The highest BCUT2D eigenvalue weighted by atomic mass is 32.2. The molecule has 1 saturated heterocycles. The van der Waals surface area contributed by atoms with Crippen molar-refractivity contribution in [2.75, 3.05) is 38.7 Å². The highest BCUT2D eigenvalue weighted by Gasteiger charge is 2.24. The molecule has 0 atom stereocenters. The van der Waals surface area contributed by atoms with Crippen molar-refractivity contribution >= 4 is 40.0 Å². The van der Waals surface area contributed by atoms with E-state index in [4.69, 9.17) is 9.47 Å². The number of benzene rings is 3. The lowest BCUT2D eigenvalue weighted by Crippen LogP contribution is -2.36. The molecule has 1 fully saturated rings. The zero-order valence-corrected chi connectivity index (χ0v) is 19.7. The summed E-state index contributed by atoms with van der Waals surface area (Å²) in [7, 11) is 0. The number of ether oxygens (including phenoxy) is 2. The summed E-state index contributed by atoms with van der Waals surface area (Å²) in [5.74, 6) is -1.55. The highest BCUT2D eigenvalue weighted by molar-refractivity contribution is 8.00. The summed E-state index contributed by atoms with van der Waals surface area (Å²) in [6, 6.07) is 21.4. The summed E-state index contributed by atoms with van der Waals surface area (Å²) in [6.07, 6.45) is 0. The fraction of sp³-hybridized carbons (Fsp3) is 0.222. The summed E-state index contributed by atoms with van der Waals surface area (Å²) >= 11 is 1.32. The van der Waals surface area contributed by atoms with Crippen LogP contribution in [0.5, 0.6) is 0 Å². The largest absolute Gasteiger partial charge is 0.457 e. The van der Waals surface area contributed by atoms with E-state index in [0.29, 0.717) is 37.6 Å². The van der Waals surface area contributed by atoms with Crippen molar-refractivity contribution in [2.24, 2.45) is 0 Å². The van der Waals surface area contributed by atoms with E-state index in [1.807, 2.05) is 53.4 Å². The minimum atomic E-state index is -0.609. The standard InChI is InChI=1S/C27H23FN2O4S/c28-22-8-5-20(6-9-22)27(30-11-13-33-14-12-30)24(16-29)25(31)17-34-26(32)18-35-23-10-7-19-3-1-2-4-21(19)15-23/h1-10,15H,11-14,17-18H2/b27-24+. The van der Waals surface area contributed by atoms with Crippen LogP contribution in [-0.2, 0) is 19.1 Å². The second-order valence-corrected chi connectivity index (χ2v) is 8.87. The van der Waals surface area contributed by atoms with E-state index in [9.17, 15) is 19.2 Å². The molecule has 178 valence electrons. The number of rotatable bonds is 8. The molecule has 0 amide bonds. The third kappa shape index (κ3) is 6.27. The minimum Gasteiger partial charge on any atom is -0.457 e. The molecule has 0 spiro atoms. The van der Waals surface area contributed by atoms with Crippen LogP contribution in [0.25, 0.3) is 16.5 Å². The van der Waals surface area contributed by atoms with Crippen LogP contribution in [0.15, 0.2) is 77.2 Å². The molecule has 0 radical (unpaired) electrons. The second kappa shape index (κ2) is 11.6. The van der Waals surface area contributed by atoms with Gasteiger partial charge >= 0.3 is 5.97 Å². The lowest BCUT2D eigenvalue weighted by atomic mass is 10.0. The first-order valence-electron chi connectivity index (χ1n) is 11.1. The maximum atomic E-state index is 13.5. The van der Waals surface area contributed by atoms with Crippen LogP contribution < -0.4 is 0 Å². The zero-order valence-electron chi connectivity index (χ0n) is 18.9. The van der Waals surface area contributed by atoms with Crippen LogP contribution >= 0.6 is 11.8 Å². The van der Waals surface area contributed by atoms with Crippen molar-refractivity contribution in [3.05, 3.63) is 83.7 Å². The monoisotopic (exact) mass is 490 g/mol. The molecular weight excluding hydrogens is 467 g/mol. The van der Waals surface area contributed by atoms with Crippen molar-refractivity contribution in [3.8, 4) is 6.07 Å². The lowest BCUT2D eigenvalue weighted by Gasteiger charge is -2.32. The Kier molecular flexibility index (Phi) is 8.14. The van der Waals surface area contributed by atoms with Gasteiger partial charge in [0.25, 0.3) is 0 Å². The zero-order chi connectivity index (χ0) is 24.6. The molecule has 0 aromatic heterocycles. The van der Waals surface area contributed by atoms with Gasteiger partial charge in [-0.05, 0) is 52.7 Å². The molecule has 0 aliphatic carbocycles. The molecule has 1 heterocycles. The van der Waals surface area contributed by atoms with Crippen LogP contribution in [0.2, 0.25) is 0 Å². The molecule has 0 unspecified atom stereocenters. The average molecular weight is 491 g/mol. The summed E-state index contributed by atoms with van der Waals surface area (Å²) in [6.45, 7) is 1.30. The predicted molar refractivity (Wildman–Crippen MR) is 132 cm³/mol. The maximum Gasteiger partial charge on any atom is 0.316 e. The Hall–Kier alpha value is -3.67. The molecular formula is C27H23FN2O4S. The number of nitrogens with zero attached hydrogens (tertiary/aromatic N) is 2. The van der Waals surface area contributed by atoms with Gasteiger partial charge in [0.05, 0.1) is 24.7 Å². The van der Waals surface area contributed by atoms with Crippen molar-refractivity contribution in [2.45, 2.75) is 4.90 Å². The van der Waals surface area contributed by atoms with Gasteiger partial charge in [0, 0.05) is 18.0 Å². The number of hydrogen-bond donors (Lipinski definition) is 0. The SMILES string of the molecule is N#C/C(C(=O)COC(=O)CSc1ccc2ccccc2c1)=C(/c1ccc(F)cc1)N1CCOCC1. The van der Waals surface area contributed by atoms with Crippen LogP contribution in [0, 0.1) is 17.1 Å². The van der Waals surface area contributed by atoms with E-state index in [1.165, 1.54) is 36.0 Å². The molecule has 0 bridgehead atoms. The Balaban J connectivity index is 1.43. The Labute approximate surface area is 206 Å². The fourth-order valence-corrected chi connectivity index (χ4v) is 4.53. The predicted octanol–water partition coefficient (Wildman–Crippen LogP) is 4.45. The van der Waals surface area contributed by atoms with E-state index in [0.717, 1.165) is 15.7 Å². The number of nitriles is 1. The normalized spacial score (nSPS) is 14.2. The van der Waals surface area contributed by atoms with Crippen molar-refractivity contribution in [1.29, 1.82) is 5.26 Å². The van der Waals surface area contributed by atoms with Gasteiger partial charge in [0.1, 0.15) is 17.5 Å². The Bertz CT molecular complexity index is 1290. The van der Waals surface area contributed by atoms with Crippen LogP contribution in [0.3, 0.4) is 0 Å². The van der Waals surface area contributed by atoms with Gasteiger partial charge in [-0.25, -0.2) is 4.39 Å². The number of ketones is 1. The average Bonchev–Trinajstić information content (AvgIpc) is 2.90. The third-order valence-corrected chi connectivity index (χ3v) is 6.48. The van der Waals surface area contributed by atoms with Gasteiger partial charge < -0.3 is 14.4 Å². The molecule has 4 rings (SSSR count). The molecule has 35 heavy (non-hydrogen) atoms. The van der Waals surface area contributed by atoms with Gasteiger partial charge in [-0.3, -0.25) is 9.59 Å². The highest BCUT2D eigenvalue weighted by Crippen LogP contribution is 2.26. The van der Waals surface area contributed by atoms with Gasteiger partial charge in [0.15, 0.2) is 6.61 Å². The third-order valence-electron chi connectivity index (χ3n) is 5.51. The number of carbonyl (C=O) groups excluding carboxylic acids is 2. The number of esters is 1. The van der Waals surface area contributed by atoms with Gasteiger partial charge in [-0.2, -0.15) is 5.26 Å². The number of halogens is 1. The lowest BCUT2D eigenvalue weighted by molar-refractivity contribution is -0.144. The van der Waals surface area contributed by atoms with Crippen LogP contribution in [0.1, 0.15) is 5.56 Å². The summed E-state index contributed by atoms with van der Waals surface area (Å²) in [5, 5.41) is 12.0. The van der Waals surface area contributed by atoms with Crippen LogP contribution in [0.4, 0.5) is 4.39 Å². The topological polar surface area (TPSA) is 79.6 Å². The maximum absolute atomic E-state index is 13.5. The molecule has 0 N–H and O–H groups in total. The Morgan fingerprint density at radius 3 is 2.46 bits per heavy atom. The smallest absolute Gasteiger partial charge is 0.316 e. The number of Topliss-reactive ketones (excluding diaryl/α,β-unsaturated/α-hetero) is 1. The molecule has 3 aromatic rings. The first-order chi connectivity index (χ1) is 17.0. The minimum absolute atomic E-state index is 0.0332. The van der Waals surface area contributed by atoms with E-state index < -0.39 is 24.2 Å². The molecule has 0 saturated carbocycles. The van der Waals surface area contributed by atoms with Crippen LogP contribution in [-0.4, -0.2) is 55.3 Å². The number of morpholine rings is 1.